The van der Waals surface area contributed by atoms with E-state index < -0.39 is 9.85 Å². The Morgan fingerprint density at radius 2 is 1.93 bits per heavy atom. The van der Waals surface area contributed by atoms with Gasteiger partial charge in [0.05, 0.1) is 17.7 Å². The van der Waals surface area contributed by atoms with E-state index in [9.17, 15) is 20.2 Å². The lowest BCUT2D eigenvalue weighted by Gasteiger charge is -2.04. The topological polar surface area (TPSA) is 144 Å². The summed E-state index contributed by atoms with van der Waals surface area (Å²) < 4.78 is 8.45. The number of nitro groups is 2. The molecule has 0 fully saturated rings. The first-order chi connectivity index (χ1) is 13.0. The Kier molecular flexibility index (Phi) is 5.06. The molecule has 140 valence electrons. The van der Waals surface area contributed by atoms with Crippen LogP contribution in [-0.4, -0.2) is 34.4 Å². The second-order valence-corrected chi connectivity index (χ2v) is 5.56. The maximum absolute atomic E-state index is 11.0. The minimum absolute atomic E-state index is 0.00903. The minimum Gasteiger partial charge on any atom is -0.480 e. The molecule has 27 heavy (non-hydrogen) atoms. The molecule has 2 heterocycles. The third-order valence-corrected chi connectivity index (χ3v) is 3.80. The molecule has 0 bridgehead atoms. The molecule has 12 nitrogen and oxygen atoms in total. The number of aromatic nitrogens is 5. The monoisotopic (exact) mass is 373 g/mol. The van der Waals surface area contributed by atoms with Crippen molar-refractivity contribution in [1.82, 2.24) is 24.5 Å². The molecule has 0 unspecified atom stereocenters. The average molecular weight is 373 g/mol. The number of hydrogen-bond donors (Lipinski definition) is 0. The van der Waals surface area contributed by atoms with E-state index in [1.54, 1.807) is 25.3 Å². The Balaban J connectivity index is 1.62. The van der Waals surface area contributed by atoms with Crippen LogP contribution in [0.1, 0.15) is 11.5 Å². The van der Waals surface area contributed by atoms with E-state index in [1.165, 1.54) is 27.6 Å². The van der Waals surface area contributed by atoms with Gasteiger partial charge in [0.2, 0.25) is 0 Å². The SMILES string of the molecule is Cc1ncc([N+](=O)[O-])n1CCn1cc(COc2ccccc2[N+](=O)[O-])nn1. The van der Waals surface area contributed by atoms with Crippen LogP contribution >= 0.6 is 0 Å². The molecule has 0 aliphatic heterocycles. The fourth-order valence-electron chi connectivity index (χ4n) is 2.48. The second kappa shape index (κ2) is 7.59. The van der Waals surface area contributed by atoms with Crippen molar-refractivity contribution in [2.45, 2.75) is 26.6 Å². The van der Waals surface area contributed by atoms with Crippen molar-refractivity contribution in [3.05, 3.63) is 68.4 Å². The molecule has 12 heteroatoms. The van der Waals surface area contributed by atoms with Gasteiger partial charge in [0.15, 0.2) is 11.6 Å². The highest BCUT2D eigenvalue weighted by Gasteiger charge is 2.18. The highest BCUT2D eigenvalue weighted by atomic mass is 16.6. The zero-order valence-electron chi connectivity index (χ0n) is 14.3. The van der Waals surface area contributed by atoms with Crippen LogP contribution in [0.2, 0.25) is 0 Å². The average Bonchev–Trinajstić information content (AvgIpc) is 3.24. The molecule has 0 atom stereocenters. The fourth-order valence-corrected chi connectivity index (χ4v) is 2.48. The highest BCUT2D eigenvalue weighted by molar-refractivity contribution is 5.45. The molecule has 0 saturated heterocycles. The van der Waals surface area contributed by atoms with Crippen molar-refractivity contribution in [2.24, 2.45) is 0 Å². The lowest BCUT2D eigenvalue weighted by Crippen LogP contribution is -2.11. The van der Waals surface area contributed by atoms with Gasteiger partial charge >= 0.3 is 11.5 Å². The predicted octanol–water partition coefficient (Wildman–Crippen LogP) is 1.88. The zero-order chi connectivity index (χ0) is 19.4. The minimum atomic E-state index is -0.521. The van der Waals surface area contributed by atoms with Crippen molar-refractivity contribution >= 4 is 11.5 Å². The number of rotatable bonds is 8. The van der Waals surface area contributed by atoms with Gasteiger partial charge in [-0.2, -0.15) is 0 Å². The molecule has 0 amide bonds. The lowest BCUT2D eigenvalue weighted by molar-refractivity contribution is -0.392. The molecule has 3 aromatic rings. The van der Waals surface area contributed by atoms with E-state index in [2.05, 4.69) is 15.3 Å². The van der Waals surface area contributed by atoms with E-state index in [-0.39, 0.29) is 23.9 Å². The molecule has 0 aliphatic carbocycles. The van der Waals surface area contributed by atoms with Crippen LogP contribution in [0.25, 0.3) is 0 Å². The molecular weight excluding hydrogens is 358 g/mol. The Labute approximate surface area is 152 Å². The van der Waals surface area contributed by atoms with Crippen molar-refractivity contribution in [3.63, 3.8) is 0 Å². The van der Waals surface area contributed by atoms with E-state index in [0.29, 0.717) is 24.6 Å². The second-order valence-electron chi connectivity index (χ2n) is 5.56. The standard InChI is InChI=1S/C15H15N7O5/c1-11-16-8-15(22(25)26)20(11)7-6-19-9-12(17-18-19)10-27-14-5-3-2-4-13(14)21(23)24/h2-5,8-9H,6-7,10H2,1H3. The summed E-state index contributed by atoms with van der Waals surface area (Å²) in [6.07, 6.45) is 2.83. The van der Waals surface area contributed by atoms with Crippen LogP contribution in [0.3, 0.4) is 0 Å². The number of nitro benzene ring substituents is 1. The Morgan fingerprint density at radius 3 is 2.67 bits per heavy atom. The number of aryl methyl sites for hydroxylation is 2. The molecule has 0 spiro atoms. The van der Waals surface area contributed by atoms with E-state index in [0.717, 1.165) is 0 Å². The van der Waals surface area contributed by atoms with Gasteiger partial charge < -0.3 is 14.9 Å². The van der Waals surface area contributed by atoms with Gasteiger partial charge in [-0.05, 0) is 11.0 Å². The predicted molar refractivity (Wildman–Crippen MR) is 91.1 cm³/mol. The van der Waals surface area contributed by atoms with Crippen LogP contribution in [-0.2, 0) is 19.7 Å². The number of nitrogens with zero attached hydrogens (tertiary/aromatic N) is 7. The highest BCUT2D eigenvalue weighted by Crippen LogP contribution is 2.26. The molecule has 3 rings (SSSR count). The molecule has 0 saturated carbocycles. The third kappa shape index (κ3) is 4.05. The zero-order valence-corrected chi connectivity index (χ0v) is 14.3. The molecule has 0 aliphatic rings. The van der Waals surface area contributed by atoms with Crippen LogP contribution in [0.4, 0.5) is 11.5 Å². The summed E-state index contributed by atoms with van der Waals surface area (Å²) in [5.74, 6) is 0.580. The summed E-state index contributed by atoms with van der Waals surface area (Å²) in [4.78, 5) is 24.9. The summed E-state index contributed by atoms with van der Waals surface area (Å²) >= 11 is 0. The smallest absolute Gasteiger partial charge is 0.342 e. The molecule has 0 N–H and O–H groups in total. The van der Waals surface area contributed by atoms with Gasteiger partial charge in [0.25, 0.3) is 0 Å². The largest absolute Gasteiger partial charge is 0.480 e. The number of para-hydroxylation sites is 2. The maximum atomic E-state index is 11.0. The number of imidazole rings is 1. The first kappa shape index (κ1) is 18.0. The normalized spacial score (nSPS) is 10.7. The fraction of sp³-hybridized carbons (Fsp3) is 0.267. The summed E-state index contributed by atoms with van der Waals surface area (Å²) in [5, 5.41) is 29.9. The molecule has 0 radical (unpaired) electrons. The summed E-state index contributed by atoms with van der Waals surface area (Å²) in [5.41, 5.74) is 0.345. The first-order valence-electron chi connectivity index (χ1n) is 7.87. The van der Waals surface area contributed by atoms with Crippen LogP contribution < -0.4 is 4.74 Å². The van der Waals surface area contributed by atoms with Gasteiger partial charge in [0, 0.05) is 13.0 Å². The van der Waals surface area contributed by atoms with Crippen molar-refractivity contribution < 1.29 is 14.6 Å². The summed E-state index contributed by atoms with van der Waals surface area (Å²) in [6, 6.07) is 6.05. The van der Waals surface area contributed by atoms with E-state index in [1.807, 2.05) is 0 Å². The van der Waals surface area contributed by atoms with E-state index >= 15 is 0 Å². The summed E-state index contributed by atoms with van der Waals surface area (Å²) in [7, 11) is 0. The first-order valence-corrected chi connectivity index (χ1v) is 7.87. The third-order valence-electron chi connectivity index (χ3n) is 3.80. The van der Waals surface area contributed by atoms with Gasteiger partial charge in [-0.3, -0.25) is 10.1 Å². The Bertz CT molecular complexity index is 981. The van der Waals surface area contributed by atoms with Gasteiger partial charge in [0.1, 0.15) is 25.0 Å². The molecular formula is C15H15N7O5. The number of benzene rings is 1. The van der Waals surface area contributed by atoms with Crippen molar-refractivity contribution in [1.29, 1.82) is 0 Å². The number of ether oxygens (including phenoxy) is 1. The quantitative estimate of drug-likeness (QED) is 0.430. The number of hydrogen-bond acceptors (Lipinski definition) is 8. The van der Waals surface area contributed by atoms with Crippen LogP contribution in [0.5, 0.6) is 5.75 Å². The van der Waals surface area contributed by atoms with E-state index in [4.69, 9.17) is 4.74 Å². The van der Waals surface area contributed by atoms with Gasteiger partial charge in [-0.1, -0.05) is 17.3 Å². The summed E-state index contributed by atoms with van der Waals surface area (Å²) in [6.45, 7) is 2.34. The van der Waals surface area contributed by atoms with Gasteiger partial charge in [-0.15, -0.1) is 5.10 Å². The lowest BCUT2D eigenvalue weighted by atomic mass is 10.3. The van der Waals surface area contributed by atoms with Crippen LogP contribution in [0, 0.1) is 27.2 Å². The molecule has 1 aromatic carbocycles. The van der Waals surface area contributed by atoms with Crippen LogP contribution in [0.15, 0.2) is 36.7 Å². The Hall–Kier alpha value is -3.83. The maximum Gasteiger partial charge on any atom is 0.342 e. The van der Waals surface area contributed by atoms with Crippen molar-refractivity contribution in [2.75, 3.05) is 0 Å². The van der Waals surface area contributed by atoms with Crippen molar-refractivity contribution in [3.8, 4) is 5.75 Å². The molecule has 2 aromatic heterocycles. The Morgan fingerprint density at radius 1 is 1.15 bits per heavy atom. The van der Waals surface area contributed by atoms with Gasteiger partial charge in [-0.25, -0.2) is 14.2 Å².